The van der Waals surface area contributed by atoms with Crippen molar-refractivity contribution in [1.82, 2.24) is 4.90 Å². The SMILES string of the molecule is C=C(N)c1c(C)cccc1F.COc1cc(CN2CCC(C(F)(F)F)CC2)cc(OC)c1-c1cccc2c(CCC(=O)O)cccc12. The number of hydrogen-bond donors (Lipinski definition) is 2. The number of fused-ring (bicyclic) bond motifs is 1. The Morgan fingerprint density at radius 3 is 2.11 bits per heavy atom. The minimum atomic E-state index is -4.13. The van der Waals surface area contributed by atoms with E-state index in [1.54, 1.807) is 33.3 Å². The van der Waals surface area contributed by atoms with E-state index in [0.29, 0.717) is 43.1 Å². The lowest BCUT2D eigenvalue weighted by molar-refractivity contribution is -0.185. The van der Waals surface area contributed by atoms with Crippen LogP contribution in [0.2, 0.25) is 0 Å². The van der Waals surface area contributed by atoms with Crippen LogP contribution in [0.4, 0.5) is 17.6 Å². The van der Waals surface area contributed by atoms with Crippen LogP contribution in [0.1, 0.15) is 41.5 Å². The molecule has 1 heterocycles. The van der Waals surface area contributed by atoms with Gasteiger partial charge < -0.3 is 20.3 Å². The van der Waals surface area contributed by atoms with Crippen LogP contribution in [0.5, 0.6) is 11.5 Å². The van der Waals surface area contributed by atoms with E-state index in [2.05, 4.69) is 6.58 Å². The zero-order valence-electron chi connectivity index (χ0n) is 26.8. The second kappa shape index (κ2) is 15.3. The van der Waals surface area contributed by atoms with Crippen molar-refractivity contribution in [3.63, 3.8) is 0 Å². The Balaban J connectivity index is 0.000000385. The number of aryl methyl sites for hydroxylation is 2. The van der Waals surface area contributed by atoms with Crippen molar-refractivity contribution in [2.24, 2.45) is 11.7 Å². The molecule has 1 fully saturated rings. The minimum Gasteiger partial charge on any atom is -0.496 e. The molecule has 10 heteroatoms. The van der Waals surface area contributed by atoms with Gasteiger partial charge in [0.05, 0.1) is 25.7 Å². The van der Waals surface area contributed by atoms with Gasteiger partial charge >= 0.3 is 12.1 Å². The molecular weight excluding hydrogens is 612 g/mol. The van der Waals surface area contributed by atoms with E-state index in [4.69, 9.17) is 20.3 Å². The molecule has 250 valence electrons. The minimum absolute atomic E-state index is 0.0465. The highest BCUT2D eigenvalue weighted by Crippen LogP contribution is 2.43. The number of hydrogen-bond acceptors (Lipinski definition) is 5. The van der Waals surface area contributed by atoms with Gasteiger partial charge in [-0.2, -0.15) is 13.2 Å². The van der Waals surface area contributed by atoms with E-state index >= 15 is 0 Å². The third-order valence-corrected chi connectivity index (χ3v) is 8.46. The summed E-state index contributed by atoms with van der Waals surface area (Å²) in [5.41, 5.74) is 10.4. The Morgan fingerprint density at radius 1 is 0.979 bits per heavy atom. The van der Waals surface area contributed by atoms with Gasteiger partial charge in [-0.25, -0.2) is 4.39 Å². The van der Waals surface area contributed by atoms with Crippen LogP contribution in [-0.4, -0.2) is 49.5 Å². The third kappa shape index (κ3) is 8.62. The molecule has 47 heavy (non-hydrogen) atoms. The molecule has 0 unspecified atom stereocenters. The predicted octanol–water partition coefficient (Wildman–Crippen LogP) is 8.38. The molecule has 5 rings (SSSR count). The summed E-state index contributed by atoms with van der Waals surface area (Å²) >= 11 is 0. The summed E-state index contributed by atoms with van der Waals surface area (Å²) in [6.07, 6.45) is -3.45. The second-order valence-corrected chi connectivity index (χ2v) is 11.6. The van der Waals surface area contributed by atoms with Crippen molar-refractivity contribution in [1.29, 1.82) is 0 Å². The van der Waals surface area contributed by atoms with Gasteiger partial charge in [0.25, 0.3) is 0 Å². The predicted molar refractivity (Wildman–Crippen MR) is 177 cm³/mol. The van der Waals surface area contributed by atoms with Crippen molar-refractivity contribution in [3.8, 4) is 22.6 Å². The molecule has 0 atom stereocenters. The van der Waals surface area contributed by atoms with Crippen LogP contribution < -0.4 is 15.2 Å². The first-order chi connectivity index (χ1) is 22.3. The Morgan fingerprint density at radius 2 is 1.57 bits per heavy atom. The van der Waals surface area contributed by atoms with Gasteiger partial charge in [0.1, 0.15) is 17.3 Å². The van der Waals surface area contributed by atoms with Crippen molar-refractivity contribution in [2.75, 3.05) is 27.3 Å². The number of halogens is 4. The standard InChI is InChI=1S/C28H30F3NO4.C9H10FN/c1-35-24-15-18(17-32-13-11-20(12-14-32)28(29,30)31)16-25(36-2)27(24)23-8-4-6-21-19(9-10-26(33)34)5-3-7-22(21)23;1-6-4-3-5-8(10)9(6)7(2)11/h3-8,15-16,20H,9-14,17H2,1-2H3,(H,33,34);3-5H,2,11H2,1H3. The third-order valence-electron chi connectivity index (χ3n) is 8.46. The number of nitrogens with zero attached hydrogens (tertiary/aromatic N) is 1. The molecule has 0 amide bonds. The lowest BCUT2D eigenvalue weighted by atomic mass is 9.92. The van der Waals surface area contributed by atoms with Crippen molar-refractivity contribution >= 4 is 22.4 Å². The summed E-state index contributed by atoms with van der Waals surface area (Å²) in [6.45, 7) is 6.57. The number of rotatable bonds is 9. The maximum Gasteiger partial charge on any atom is 0.391 e. The largest absolute Gasteiger partial charge is 0.496 e. The molecule has 6 nitrogen and oxygen atoms in total. The summed E-state index contributed by atoms with van der Waals surface area (Å²) in [6, 6.07) is 20.4. The molecule has 0 saturated carbocycles. The summed E-state index contributed by atoms with van der Waals surface area (Å²) in [5.74, 6) is -1.16. The number of piperidine rings is 1. The van der Waals surface area contributed by atoms with Gasteiger partial charge in [0.15, 0.2) is 0 Å². The first-order valence-electron chi connectivity index (χ1n) is 15.3. The second-order valence-electron chi connectivity index (χ2n) is 11.6. The van der Waals surface area contributed by atoms with Crippen molar-refractivity contribution in [3.05, 3.63) is 101 Å². The lowest BCUT2D eigenvalue weighted by Crippen LogP contribution is -2.38. The number of carboxylic acids is 1. The molecule has 0 spiro atoms. The molecule has 4 aromatic rings. The molecule has 0 bridgehead atoms. The Bertz CT molecular complexity index is 1680. The summed E-state index contributed by atoms with van der Waals surface area (Å²) < 4.78 is 63.6. The normalized spacial score (nSPS) is 13.9. The average molecular weight is 653 g/mol. The number of likely N-dealkylation sites (tertiary alicyclic amines) is 1. The molecule has 1 aliphatic heterocycles. The lowest BCUT2D eigenvalue weighted by Gasteiger charge is -2.33. The monoisotopic (exact) mass is 652 g/mol. The number of alkyl halides is 3. The number of nitrogens with two attached hydrogens (primary N) is 1. The van der Waals surface area contributed by atoms with Crippen LogP contribution in [0, 0.1) is 18.7 Å². The van der Waals surface area contributed by atoms with Crippen molar-refractivity contribution in [2.45, 2.75) is 45.3 Å². The van der Waals surface area contributed by atoms with Crippen LogP contribution in [0.25, 0.3) is 27.6 Å². The number of ether oxygens (including phenoxy) is 2. The maximum atomic E-state index is 13.0. The average Bonchev–Trinajstić information content (AvgIpc) is 3.03. The molecule has 3 N–H and O–H groups in total. The van der Waals surface area contributed by atoms with Gasteiger partial charge in [-0.05, 0) is 90.5 Å². The zero-order valence-corrected chi connectivity index (χ0v) is 26.8. The van der Waals surface area contributed by atoms with E-state index in [0.717, 1.165) is 38.6 Å². The number of aliphatic carboxylic acids is 1. The van der Waals surface area contributed by atoms with E-state index in [1.165, 1.54) is 6.07 Å². The van der Waals surface area contributed by atoms with E-state index in [-0.39, 0.29) is 30.8 Å². The van der Waals surface area contributed by atoms with Crippen LogP contribution in [-0.2, 0) is 17.8 Å². The fourth-order valence-electron chi connectivity index (χ4n) is 6.09. The fraction of sp³-hybridized carbons (Fsp3) is 0.324. The van der Waals surface area contributed by atoms with E-state index < -0.39 is 18.1 Å². The molecule has 4 aromatic carbocycles. The molecule has 1 saturated heterocycles. The first kappa shape index (κ1) is 35.3. The molecule has 0 aromatic heterocycles. The van der Waals surface area contributed by atoms with Crippen LogP contribution in [0.3, 0.4) is 0 Å². The number of carboxylic acid groups (broad SMARTS) is 1. The highest BCUT2D eigenvalue weighted by molar-refractivity contribution is 6.01. The Labute approximate surface area is 272 Å². The summed E-state index contributed by atoms with van der Waals surface area (Å²) in [7, 11) is 3.17. The van der Waals surface area contributed by atoms with Gasteiger partial charge in [-0.15, -0.1) is 0 Å². The smallest absolute Gasteiger partial charge is 0.391 e. The van der Waals surface area contributed by atoms with Gasteiger partial charge in [0, 0.05) is 24.2 Å². The maximum absolute atomic E-state index is 13.0. The summed E-state index contributed by atoms with van der Waals surface area (Å²) in [4.78, 5) is 13.1. The molecule has 1 aliphatic rings. The molecular formula is C37H40F4N2O4. The fourth-order valence-corrected chi connectivity index (χ4v) is 6.09. The topological polar surface area (TPSA) is 85.0 Å². The van der Waals surface area contributed by atoms with Gasteiger partial charge in [0.2, 0.25) is 0 Å². The van der Waals surface area contributed by atoms with Crippen LogP contribution >= 0.6 is 0 Å². The highest BCUT2D eigenvalue weighted by Gasteiger charge is 2.41. The van der Waals surface area contributed by atoms with Gasteiger partial charge in [-0.3, -0.25) is 9.69 Å². The van der Waals surface area contributed by atoms with E-state index in [9.17, 15) is 22.4 Å². The van der Waals surface area contributed by atoms with Crippen LogP contribution in [0.15, 0.2) is 73.3 Å². The zero-order chi connectivity index (χ0) is 34.3. The number of carbonyl (C=O) groups is 1. The number of benzene rings is 4. The molecule has 0 aliphatic carbocycles. The van der Waals surface area contributed by atoms with Gasteiger partial charge in [-0.1, -0.05) is 55.1 Å². The van der Waals surface area contributed by atoms with E-state index in [1.807, 2.05) is 53.4 Å². The number of methoxy groups -OCH3 is 2. The summed E-state index contributed by atoms with van der Waals surface area (Å²) in [5, 5.41) is 11.0. The highest BCUT2D eigenvalue weighted by atomic mass is 19.4. The first-order valence-corrected chi connectivity index (χ1v) is 15.3. The Hall–Kier alpha value is -4.57. The molecule has 0 radical (unpaired) electrons. The van der Waals surface area contributed by atoms with Crippen molar-refractivity contribution < 1.29 is 36.9 Å². The quantitative estimate of drug-likeness (QED) is 0.177. The Kier molecular flexibility index (Phi) is 11.5.